The number of hydrogen-bond acceptors (Lipinski definition) is 2. The van der Waals surface area contributed by atoms with E-state index in [1.54, 1.807) is 4.68 Å². The van der Waals surface area contributed by atoms with Gasteiger partial charge in [-0.2, -0.15) is 0 Å². The van der Waals surface area contributed by atoms with Crippen LogP contribution < -0.4 is 5.56 Å². The van der Waals surface area contributed by atoms with E-state index in [2.05, 4.69) is 10.00 Å². The van der Waals surface area contributed by atoms with Gasteiger partial charge in [0, 0.05) is 13.1 Å². The SMILES string of the molecule is CN1Cc2[nH]n(-c3ccccc3)c(=O)c2C1. The summed E-state index contributed by atoms with van der Waals surface area (Å²) in [4.78, 5) is 14.2. The Morgan fingerprint density at radius 3 is 2.62 bits per heavy atom. The second-order valence-corrected chi connectivity index (χ2v) is 4.22. The Kier molecular flexibility index (Phi) is 1.97. The van der Waals surface area contributed by atoms with Gasteiger partial charge in [0.15, 0.2) is 0 Å². The van der Waals surface area contributed by atoms with Crippen molar-refractivity contribution in [1.29, 1.82) is 0 Å². The summed E-state index contributed by atoms with van der Waals surface area (Å²) in [7, 11) is 2.01. The monoisotopic (exact) mass is 215 g/mol. The number of nitrogens with one attached hydrogen (secondary N) is 1. The molecule has 0 amide bonds. The van der Waals surface area contributed by atoms with Crippen LogP contribution in [0.1, 0.15) is 11.3 Å². The van der Waals surface area contributed by atoms with E-state index in [-0.39, 0.29) is 5.56 Å². The molecule has 0 saturated carbocycles. The first-order chi connectivity index (χ1) is 7.75. The zero-order valence-electron chi connectivity index (χ0n) is 9.10. The third-order valence-electron chi connectivity index (χ3n) is 2.94. The Bertz CT molecular complexity index is 568. The molecule has 82 valence electrons. The summed E-state index contributed by atoms with van der Waals surface area (Å²) < 4.78 is 1.62. The van der Waals surface area contributed by atoms with Gasteiger partial charge in [0.25, 0.3) is 5.56 Å². The molecule has 1 aliphatic rings. The predicted octanol–water partition coefficient (Wildman–Crippen LogP) is 1.11. The Balaban J connectivity index is 2.13. The lowest BCUT2D eigenvalue weighted by Crippen LogP contribution is -2.20. The zero-order chi connectivity index (χ0) is 11.1. The molecule has 2 heterocycles. The van der Waals surface area contributed by atoms with E-state index in [1.807, 2.05) is 37.4 Å². The van der Waals surface area contributed by atoms with Crippen molar-refractivity contribution < 1.29 is 0 Å². The molecule has 1 aliphatic heterocycles. The number of fused-ring (bicyclic) bond motifs is 1. The molecule has 16 heavy (non-hydrogen) atoms. The highest BCUT2D eigenvalue weighted by Crippen LogP contribution is 2.17. The number of hydrogen-bond donors (Lipinski definition) is 1. The summed E-state index contributed by atoms with van der Waals surface area (Å²) in [6, 6.07) is 9.66. The van der Waals surface area contributed by atoms with Crippen molar-refractivity contribution >= 4 is 0 Å². The first kappa shape index (κ1) is 9.42. The van der Waals surface area contributed by atoms with E-state index in [1.165, 1.54) is 0 Å². The molecule has 1 aromatic carbocycles. The summed E-state index contributed by atoms with van der Waals surface area (Å²) in [6.45, 7) is 1.56. The first-order valence-electron chi connectivity index (χ1n) is 5.32. The maximum Gasteiger partial charge on any atom is 0.276 e. The van der Waals surface area contributed by atoms with Crippen molar-refractivity contribution in [3.63, 3.8) is 0 Å². The third kappa shape index (κ3) is 1.31. The highest BCUT2D eigenvalue weighted by atomic mass is 16.1. The second-order valence-electron chi connectivity index (χ2n) is 4.22. The van der Waals surface area contributed by atoms with E-state index < -0.39 is 0 Å². The number of rotatable bonds is 1. The van der Waals surface area contributed by atoms with Crippen molar-refractivity contribution in [2.24, 2.45) is 0 Å². The van der Waals surface area contributed by atoms with Crippen molar-refractivity contribution in [3.05, 3.63) is 51.9 Å². The minimum atomic E-state index is 0.0746. The molecule has 1 N–H and O–H groups in total. The molecule has 0 fully saturated rings. The van der Waals surface area contributed by atoms with Crippen molar-refractivity contribution in [3.8, 4) is 5.69 Å². The van der Waals surface area contributed by atoms with Crippen LogP contribution in [0.3, 0.4) is 0 Å². The van der Waals surface area contributed by atoms with Crippen LogP contribution in [0.15, 0.2) is 35.1 Å². The van der Waals surface area contributed by atoms with Crippen LogP contribution in [0.25, 0.3) is 5.69 Å². The average molecular weight is 215 g/mol. The van der Waals surface area contributed by atoms with Gasteiger partial charge in [0.2, 0.25) is 0 Å². The maximum atomic E-state index is 12.1. The van der Waals surface area contributed by atoms with Crippen LogP contribution in [0.2, 0.25) is 0 Å². The molecule has 4 nitrogen and oxygen atoms in total. The van der Waals surface area contributed by atoms with Gasteiger partial charge in [-0.3, -0.25) is 14.8 Å². The molecular formula is C12H13N3O. The van der Waals surface area contributed by atoms with Crippen LogP contribution in [0.4, 0.5) is 0 Å². The topological polar surface area (TPSA) is 41.0 Å². The number of nitrogens with zero attached hydrogens (tertiary/aromatic N) is 2. The Morgan fingerprint density at radius 2 is 1.94 bits per heavy atom. The average Bonchev–Trinajstić information content (AvgIpc) is 2.79. The summed E-state index contributed by atoms with van der Waals surface area (Å²) in [5, 5.41) is 3.17. The summed E-state index contributed by atoms with van der Waals surface area (Å²) in [6.07, 6.45) is 0. The predicted molar refractivity (Wildman–Crippen MR) is 61.6 cm³/mol. The standard InChI is InChI=1S/C12H13N3O/c1-14-7-10-11(8-14)13-15(12(10)16)9-5-3-2-4-6-9/h2-6,13H,7-8H2,1H3. The van der Waals surface area contributed by atoms with Gasteiger partial charge in [-0.15, -0.1) is 0 Å². The molecule has 0 saturated heterocycles. The fourth-order valence-electron chi connectivity index (χ4n) is 2.17. The van der Waals surface area contributed by atoms with E-state index >= 15 is 0 Å². The summed E-state index contributed by atoms with van der Waals surface area (Å²) in [5.74, 6) is 0. The third-order valence-corrected chi connectivity index (χ3v) is 2.94. The van der Waals surface area contributed by atoms with Crippen LogP contribution in [-0.4, -0.2) is 21.7 Å². The molecule has 0 aliphatic carbocycles. The lowest BCUT2D eigenvalue weighted by molar-refractivity contribution is 0.346. The Hall–Kier alpha value is -1.81. The maximum absolute atomic E-state index is 12.1. The van der Waals surface area contributed by atoms with E-state index in [0.717, 1.165) is 30.0 Å². The number of para-hydroxylation sites is 1. The Morgan fingerprint density at radius 1 is 1.19 bits per heavy atom. The zero-order valence-corrected chi connectivity index (χ0v) is 9.10. The summed E-state index contributed by atoms with van der Waals surface area (Å²) >= 11 is 0. The van der Waals surface area contributed by atoms with Gasteiger partial charge in [-0.1, -0.05) is 18.2 Å². The van der Waals surface area contributed by atoms with Gasteiger partial charge >= 0.3 is 0 Å². The number of aromatic amines is 1. The van der Waals surface area contributed by atoms with E-state index in [0.29, 0.717) is 0 Å². The van der Waals surface area contributed by atoms with Crippen molar-refractivity contribution in [2.45, 2.75) is 13.1 Å². The van der Waals surface area contributed by atoms with Gasteiger partial charge in [-0.25, -0.2) is 4.68 Å². The van der Waals surface area contributed by atoms with Crippen LogP contribution in [-0.2, 0) is 13.1 Å². The van der Waals surface area contributed by atoms with Gasteiger partial charge in [-0.05, 0) is 19.2 Å². The molecule has 0 radical (unpaired) electrons. The van der Waals surface area contributed by atoms with Gasteiger partial charge < -0.3 is 0 Å². The molecule has 0 bridgehead atoms. The summed E-state index contributed by atoms with van der Waals surface area (Å²) in [5.41, 5.74) is 2.90. The minimum Gasteiger partial charge on any atom is -0.296 e. The number of H-pyrrole nitrogens is 1. The lowest BCUT2D eigenvalue weighted by Gasteiger charge is -2.06. The van der Waals surface area contributed by atoms with Crippen LogP contribution >= 0.6 is 0 Å². The first-order valence-corrected chi connectivity index (χ1v) is 5.32. The second kappa shape index (κ2) is 3.35. The van der Waals surface area contributed by atoms with E-state index in [4.69, 9.17) is 0 Å². The lowest BCUT2D eigenvalue weighted by atomic mass is 10.3. The quantitative estimate of drug-likeness (QED) is 0.774. The smallest absolute Gasteiger partial charge is 0.276 e. The molecule has 0 unspecified atom stereocenters. The molecule has 0 atom stereocenters. The van der Waals surface area contributed by atoms with Crippen LogP contribution in [0, 0.1) is 0 Å². The normalized spacial score (nSPS) is 15.3. The molecular weight excluding hydrogens is 202 g/mol. The number of aromatic nitrogens is 2. The Labute approximate surface area is 93.1 Å². The molecule has 0 spiro atoms. The molecule has 4 heteroatoms. The molecule has 2 aromatic rings. The molecule has 3 rings (SSSR count). The van der Waals surface area contributed by atoms with Gasteiger partial charge in [0.05, 0.1) is 16.9 Å². The van der Waals surface area contributed by atoms with Crippen molar-refractivity contribution in [2.75, 3.05) is 7.05 Å². The highest BCUT2D eigenvalue weighted by molar-refractivity contribution is 5.33. The highest BCUT2D eigenvalue weighted by Gasteiger charge is 2.23. The molecule has 1 aromatic heterocycles. The minimum absolute atomic E-state index is 0.0746. The van der Waals surface area contributed by atoms with E-state index in [9.17, 15) is 4.79 Å². The number of benzene rings is 1. The van der Waals surface area contributed by atoms with Crippen LogP contribution in [0.5, 0.6) is 0 Å². The van der Waals surface area contributed by atoms with Crippen molar-refractivity contribution in [1.82, 2.24) is 14.7 Å². The fraction of sp³-hybridized carbons (Fsp3) is 0.250. The fourth-order valence-corrected chi connectivity index (χ4v) is 2.17. The largest absolute Gasteiger partial charge is 0.296 e. The van der Waals surface area contributed by atoms with Gasteiger partial charge in [0.1, 0.15) is 0 Å².